The van der Waals surface area contributed by atoms with Crippen molar-refractivity contribution in [1.82, 2.24) is 19.5 Å². The number of imidazole rings is 1. The number of alkyl halides is 1. The molecule has 0 unspecified atom stereocenters. The van der Waals surface area contributed by atoms with Crippen LogP contribution in [0.25, 0.3) is 11.2 Å². The number of hydrogen-bond acceptors (Lipinski definition) is 6. The Hall–Kier alpha value is -1.64. The van der Waals surface area contributed by atoms with Crippen LogP contribution in [-0.4, -0.2) is 54.2 Å². The normalized spacial score (nSPS) is 33.0. The van der Waals surface area contributed by atoms with Gasteiger partial charge in [-0.05, 0) is 20.8 Å². The Labute approximate surface area is 120 Å². The van der Waals surface area contributed by atoms with Crippen LogP contribution in [0.15, 0.2) is 6.33 Å². The number of aromatic nitrogens is 4. The summed E-state index contributed by atoms with van der Waals surface area (Å²) in [6.45, 7) is 4.52. The van der Waals surface area contributed by atoms with Gasteiger partial charge in [-0.15, -0.1) is 0 Å². The molecule has 3 rings (SSSR count). The summed E-state index contributed by atoms with van der Waals surface area (Å²) >= 11 is 0. The fraction of sp³-hybridized carbons (Fsp3) is 0.615. The molecule has 0 bridgehead atoms. The van der Waals surface area contributed by atoms with Gasteiger partial charge in [0.15, 0.2) is 18.0 Å². The maximum absolute atomic E-state index is 14.4. The van der Waals surface area contributed by atoms with Gasteiger partial charge in [0.2, 0.25) is 0 Å². The second-order valence-electron chi connectivity index (χ2n) is 5.55. The van der Waals surface area contributed by atoms with Crippen LogP contribution in [0.5, 0.6) is 0 Å². The van der Waals surface area contributed by atoms with Crippen LogP contribution in [0, 0.1) is 13.8 Å². The molecule has 0 aromatic carbocycles. The van der Waals surface area contributed by atoms with Crippen molar-refractivity contribution in [1.29, 1.82) is 0 Å². The van der Waals surface area contributed by atoms with Crippen LogP contribution in [0.2, 0.25) is 0 Å². The first-order valence-electron chi connectivity index (χ1n) is 6.66. The molecule has 4 atom stereocenters. The van der Waals surface area contributed by atoms with Crippen molar-refractivity contribution >= 4 is 11.2 Å². The smallest absolute Gasteiger partial charge is 0.174 e. The summed E-state index contributed by atoms with van der Waals surface area (Å²) < 4.78 is 21.4. The molecule has 0 aliphatic carbocycles. The number of aliphatic hydroxyl groups excluding tert-OH is 2. The Morgan fingerprint density at radius 3 is 2.76 bits per heavy atom. The summed E-state index contributed by atoms with van der Waals surface area (Å²) in [6.07, 6.45) is -2.78. The molecule has 1 saturated heterocycles. The Kier molecular flexibility index (Phi) is 3.19. The van der Waals surface area contributed by atoms with Crippen LogP contribution in [0.4, 0.5) is 4.39 Å². The van der Waals surface area contributed by atoms with E-state index in [0.717, 1.165) is 0 Å². The van der Waals surface area contributed by atoms with Gasteiger partial charge in [0, 0.05) is 0 Å². The van der Waals surface area contributed by atoms with E-state index >= 15 is 0 Å². The third-order valence-electron chi connectivity index (χ3n) is 3.89. The SMILES string of the molecule is Cc1nc(C)c2ncn([C@@H]3O[C@](C)(CO)[C@@H](O)[C@H]3F)c2n1. The first-order chi connectivity index (χ1) is 9.87. The predicted molar refractivity (Wildman–Crippen MR) is 71.3 cm³/mol. The van der Waals surface area contributed by atoms with Crippen molar-refractivity contribution in [2.24, 2.45) is 0 Å². The number of aryl methyl sites for hydroxylation is 2. The molecule has 2 N–H and O–H groups in total. The standard InChI is InChI=1S/C13H17FN4O3/c1-6-9-11(17-7(2)16-6)18(5-15-9)12-8(14)10(20)13(3,4-19)21-12/h5,8,10,12,19-20H,4H2,1-3H3/t8-,10+,12-,13-/m1/s1. The second kappa shape index (κ2) is 4.69. The molecule has 3 heterocycles. The molecule has 114 valence electrons. The van der Waals surface area contributed by atoms with Crippen LogP contribution in [0.1, 0.15) is 24.7 Å². The molecule has 8 heteroatoms. The lowest BCUT2D eigenvalue weighted by atomic mass is 9.99. The molecule has 0 spiro atoms. The molecule has 1 fully saturated rings. The summed E-state index contributed by atoms with van der Waals surface area (Å²) in [5, 5.41) is 19.3. The Balaban J connectivity index is 2.10. The molecule has 2 aromatic rings. The highest BCUT2D eigenvalue weighted by Gasteiger charge is 2.53. The fourth-order valence-electron chi connectivity index (χ4n) is 2.63. The molecule has 1 aliphatic rings. The lowest BCUT2D eigenvalue weighted by Crippen LogP contribution is -2.42. The number of aliphatic hydroxyl groups is 2. The highest BCUT2D eigenvalue weighted by atomic mass is 19.1. The molecule has 2 aromatic heterocycles. The van der Waals surface area contributed by atoms with Crippen LogP contribution >= 0.6 is 0 Å². The topological polar surface area (TPSA) is 93.3 Å². The van der Waals surface area contributed by atoms with Crippen molar-refractivity contribution in [2.45, 2.75) is 44.9 Å². The fourth-order valence-corrected chi connectivity index (χ4v) is 2.63. The van der Waals surface area contributed by atoms with Gasteiger partial charge in [-0.25, -0.2) is 19.3 Å². The summed E-state index contributed by atoms with van der Waals surface area (Å²) in [5.74, 6) is 0.542. The van der Waals surface area contributed by atoms with E-state index in [1.54, 1.807) is 13.8 Å². The molecular weight excluding hydrogens is 279 g/mol. The number of ether oxygens (including phenoxy) is 1. The van der Waals surface area contributed by atoms with E-state index in [1.807, 2.05) is 0 Å². The molecular formula is C13H17FN4O3. The summed E-state index contributed by atoms with van der Waals surface area (Å²) in [6, 6.07) is 0. The maximum Gasteiger partial charge on any atom is 0.174 e. The number of nitrogens with zero attached hydrogens (tertiary/aromatic N) is 4. The summed E-state index contributed by atoms with van der Waals surface area (Å²) in [5.41, 5.74) is 0.346. The zero-order valence-electron chi connectivity index (χ0n) is 12.0. The van der Waals surface area contributed by atoms with E-state index in [-0.39, 0.29) is 0 Å². The second-order valence-corrected chi connectivity index (χ2v) is 5.55. The van der Waals surface area contributed by atoms with E-state index in [2.05, 4.69) is 15.0 Å². The van der Waals surface area contributed by atoms with E-state index in [9.17, 15) is 14.6 Å². The van der Waals surface area contributed by atoms with Crippen molar-refractivity contribution in [3.8, 4) is 0 Å². The molecule has 1 aliphatic heterocycles. The Morgan fingerprint density at radius 1 is 1.43 bits per heavy atom. The van der Waals surface area contributed by atoms with Gasteiger partial charge in [-0.1, -0.05) is 0 Å². The lowest BCUT2D eigenvalue weighted by molar-refractivity contribution is -0.115. The number of fused-ring (bicyclic) bond motifs is 1. The number of hydrogen-bond donors (Lipinski definition) is 2. The van der Waals surface area contributed by atoms with Gasteiger partial charge in [0.05, 0.1) is 18.6 Å². The third kappa shape index (κ3) is 2.02. The molecule has 0 amide bonds. The monoisotopic (exact) mass is 296 g/mol. The molecule has 7 nitrogen and oxygen atoms in total. The van der Waals surface area contributed by atoms with E-state index in [4.69, 9.17) is 4.74 Å². The van der Waals surface area contributed by atoms with Gasteiger partial charge in [0.1, 0.15) is 23.0 Å². The number of rotatable bonds is 2. The van der Waals surface area contributed by atoms with Gasteiger partial charge in [-0.2, -0.15) is 0 Å². The zero-order chi connectivity index (χ0) is 15.4. The van der Waals surface area contributed by atoms with Crippen LogP contribution in [-0.2, 0) is 4.74 Å². The van der Waals surface area contributed by atoms with Gasteiger partial charge >= 0.3 is 0 Å². The van der Waals surface area contributed by atoms with E-state index in [1.165, 1.54) is 17.8 Å². The van der Waals surface area contributed by atoms with Crippen LogP contribution < -0.4 is 0 Å². The molecule has 0 radical (unpaired) electrons. The molecule has 21 heavy (non-hydrogen) atoms. The maximum atomic E-state index is 14.4. The van der Waals surface area contributed by atoms with Gasteiger partial charge < -0.3 is 14.9 Å². The van der Waals surface area contributed by atoms with Crippen molar-refractivity contribution in [3.05, 3.63) is 17.8 Å². The first kappa shape index (κ1) is 14.3. The first-order valence-corrected chi connectivity index (χ1v) is 6.66. The van der Waals surface area contributed by atoms with Gasteiger partial charge in [-0.3, -0.25) is 4.57 Å². The summed E-state index contributed by atoms with van der Waals surface area (Å²) in [4.78, 5) is 12.7. The minimum Gasteiger partial charge on any atom is -0.393 e. The predicted octanol–water partition coefficient (Wildman–Crippen LogP) is 0.422. The van der Waals surface area contributed by atoms with E-state index in [0.29, 0.717) is 22.7 Å². The molecule has 0 saturated carbocycles. The minimum absolute atomic E-state index is 0.446. The average Bonchev–Trinajstić information content (AvgIpc) is 2.95. The quantitative estimate of drug-likeness (QED) is 0.834. The highest BCUT2D eigenvalue weighted by molar-refractivity contribution is 5.73. The highest BCUT2D eigenvalue weighted by Crippen LogP contribution is 2.39. The van der Waals surface area contributed by atoms with Crippen molar-refractivity contribution in [2.75, 3.05) is 6.61 Å². The summed E-state index contributed by atoms with van der Waals surface area (Å²) in [7, 11) is 0. The zero-order valence-corrected chi connectivity index (χ0v) is 12.0. The Morgan fingerprint density at radius 2 is 2.14 bits per heavy atom. The van der Waals surface area contributed by atoms with Crippen molar-refractivity contribution < 1.29 is 19.3 Å². The van der Waals surface area contributed by atoms with E-state index < -0.39 is 30.7 Å². The average molecular weight is 296 g/mol. The van der Waals surface area contributed by atoms with Crippen molar-refractivity contribution in [3.63, 3.8) is 0 Å². The minimum atomic E-state index is -1.69. The lowest BCUT2D eigenvalue weighted by Gasteiger charge is -2.24. The largest absolute Gasteiger partial charge is 0.393 e. The third-order valence-corrected chi connectivity index (χ3v) is 3.89. The van der Waals surface area contributed by atoms with Crippen LogP contribution in [0.3, 0.4) is 0 Å². The number of halogens is 1. The Bertz CT molecular complexity index is 691. The van der Waals surface area contributed by atoms with Gasteiger partial charge in [0.25, 0.3) is 0 Å².